The first kappa shape index (κ1) is 15.0. The molecular weight excluding hydrogens is 300 g/mol. The minimum absolute atomic E-state index is 0.0110. The van der Waals surface area contributed by atoms with Crippen molar-refractivity contribution in [1.29, 1.82) is 0 Å². The molecule has 0 saturated carbocycles. The predicted molar refractivity (Wildman–Crippen MR) is 85.3 cm³/mol. The normalized spacial score (nSPS) is 23.7. The molecule has 2 aliphatic heterocycles. The Morgan fingerprint density at radius 3 is 2.82 bits per heavy atom. The highest BCUT2D eigenvalue weighted by molar-refractivity contribution is 8.00. The zero-order valence-electron chi connectivity index (χ0n) is 12.5. The van der Waals surface area contributed by atoms with Gasteiger partial charge in [0.05, 0.1) is 0 Å². The van der Waals surface area contributed by atoms with Gasteiger partial charge >= 0.3 is 0 Å². The number of allylic oxidation sites excluding steroid dienone is 1. The van der Waals surface area contributed by atoms with Crippen LogP contribution in [0, 0.1) is 0 Å². The number of para-hydroxylation sites is 1. The maximum atomic E-state index is 12.2. The third-order valence-corrected chi connectivity index (χ3v) is 5.35. The third kappa shape index (κ3) is 2.70. The van der Waals surface area contributed by atoms with Crippen LogP contribution in [0.25, 0.3) is 0 Å². The van der Waals surface area contributed by atoms with Crippen molar-refractivity contribution in [2.24, 2.45) is 0 Å². The number of carbonyl (C=O) groups is 2. The molecule has 3 rings (SSSR count). The molecule has 2 heterocycles. The SMILES string of the molecule is CC1=C(C)N2C(=O)C(NC(=O)COc3ccccc3)C2SC1. The van der Waals surface area contributed by atoms with Crippen molar-refractivity contribution in [3.8, 4) is 5.75 Å². The van der Waals surface area contributed by atoms with Crippen molar-refractivity contribution in [2.75, 3.05) is 12.4 Å². The molecule has 1 N–H and O–H groups in total. The van der Waals surface area contributed by atoms with Crippen LogP contribution < -0.4 is 10.1 Å². The number of nitrogens with zero attached hydrogens (tertiary/aromatic N) is 1. The average molecular weight is 318 g/mol. The molecule has 2 unspecified atom stereocenters. The standard InChI is InChI=1S/C16H18N2O3S/c1-10-9-22-16-14(15(20)18(16)11(10)2)17-13(19)8-21-12-6-4-3-5-7-12/h3-7,14,16H,8-9H2,1-2H3,(H,17,19). The Bertz CT molecular complexity index is 630. The fourth-order valence-corrected chi connectivity index (χ4v) is 3.94. The second-order valence-corrected chi connectivity index (χ2v) is 6.53. The summed E-state index contributed by atoms with van der Waals surface area (Å²) < 4.78 is 5.39. The molecule has 0 radical (unpaired) electrons. The molecule has 1 aromatic rings. The van der Waals surface area contributed by atoms with Crippen LogP contribution in [-0.2, 0) is 9.59 Å². The van der Waals surface area contributed by atoms with E-state index in [1.54, 1.807) is 28.8 Å². The molecule has 116 valence electrons. The van der Waals surface area contributed by atoms with Crippen LogP contribution in [0.1, 0.15) is 13.8 Å². The third-order valence-electron chi connectivity index (χ3n) is 3.92. The number of rotatable bonds is 4. The molecule has 0 bridgehead atoms. The molecule has 6 heteroatoms. The zero-order valence-corrected chi connectivity index (χ0v) is 13.4. The molecule has 1 aromatic carbocycles. The number of nitrogens with one attached hydrogen (secondary N) is 1. The fourth-order valence-electron chi connectivity index (χ4n) is 2.53. The first-order chi connectivity index (χ1) is 10.6. The van der Waals surface area contributed by atoms with Gasteiger partial charge in [0.25, 0.3) is 11.8 Å². The van der Waals surface area contributed by atoms with Gasteiger partial charge in [0.15, 0.2) is 6.61 Å². The van der Waals surface area contributed by atoms with Gasteiger partial charge in [-0.05, 0) is 31.6 Å². The first-order valence-corrected chi connectivity index (χ1v) is 8.21. The number of hydrogen-bond acceptors (Lipinski definition) is 4. The molecule has 5 nitrogen and oxygen atoms in total. The summed E-state index contributed by atoms with van der Waals surface area (Å²) in [6.45, 7) is 3.90. The van der Waals surface area contributed by atoms with Gasteiger partial charge in [0, 0.05) is 11.4 Å². The Labute approximate surface area is 133 Å². The topological polar surface area (TPSA) is 58.6 Å². The Morgan fingerprint density at radius 2 is 2.09 bits per heavy atom. The summed E-state index contributed by atoms with van der Waals surface area (Å²) in [5.74, 6) is 1.22. The molecule has 2 amide bonds. The number of ether oxygens (including phenoxy) is 1. The minimum Gasteiger partial charge on any atom is -0.484 e. The van der Waals surface area contributed by atoms with Crippen LogP contribution in [0.15, 0.2) is 41.6 Å². The second-order valence-electron chi connectivity index (χ2n) is 5.42. The Balaban J connectivity index is 1.54. The van der Waals surface area contributed by atoms with Crippen molar-refractivity contribution in [1.82, 2.24) is 10.2 Å². The van der Waals surface area contributed by atoms with Crippen molar-refractivity contribution in [3.63, 3.8) is 0 Å². The van der Waals surface area contributed by atoms with Crippen molar-refractivity contribution < 1.29 is 14.3 Å². The summed E-state index contributed by atoms with van der Waals surface area (Å²) in [6, 6.07) is 8.70. The van der Waals surface area contributed by atoms with E-state index in [0.717, 1.165) is 11.4 Å². The lowest BCUT2D eigenvalue weighted by Crippen LogP contribution is -2.69. The van der Waals surface area contributed by atoms with Gasteiger partial charge in [0.2, 0.25) is 0 Å². The quantitative estimate of drug-likeness (QED) is 0.860. The largest absolute Gasteiger partial charge is 0.484 e. The number of benzene rings is 1. The molecule has 1 saturated heterocycles. The number of thioether (sulfide) groups is 1. The van der Waals surface area contributed by atoms with Crippen molar-refractivity contribution >= 4 is 23.6 Å². The van der Waals surface area contributed by atoms with E-state index in [1.807, 2.05) is 32.0 Å². The van der Waals surface area contributed by atoms with E-state index < -0.39 is 6.04 Å². The summed E-state index contributed by atoms with van der Waals surface area (Å²) in [5.41, 5.74) is 2.23. The smallest absolute Gasteiger partial charge is 0.258 e. The number of fused-ring (bicyclic) bond motifs is 1. The minimum atomic E-state index is -0.445. The van der Waals surface area contributed by atoms with Crippen LogP contribution in [0.4, 0.5) is 0 Å². The highest BCUT2D eigenvalue weighted by Crippen LogP contribution is 2.39. The summed E-state index contributed by atoms with van der Waals surface area (Å²) in [6.07, 6.45) is 0. The summed E-state index contributed by atoms with van der Waals surface area (Å²) >= 11 is 1.68. The molecule has 2 aliphatic rings. The molecule has 0 aromatic heterocycles. The van der Waals surface area contributed by atoms with Gasteiger partial charge < -0.3 is 10.1 Å². The van der Waals surface area contributed by atoms with Crippen LogP contribution >= 0.6 is 11.8 Å². The van der Waals surface area contributed by atoms with E-state index in [1.165, 1.54) is 5.57 Å². The van der Waals surface area contributed by atoms with E-state index in [2.05, 4.69) is 5.32 Å². The summed E-state index contributed by atoms with van der Waals surface area (Å²) in [7, 11) is 0. The van der Waals surface area contributed by atoms with E-state index >= 15 is 0 Å². The van der Waals surface area contributed by atoms with Gasteiger partial charge in [-0.2, -0.15) is 0 Å². The molecule has 1 fully saturated rings. The molecule has 0 aliphatic carbocycles. The van der Waals surface area contributed by atoms with Crippen LogP contribution in [-0.4, -0.2) is 40.5 Å². The van der Waals surface area contributed by atoms with Crippen LogP contribution in [0.2, 0.25) is 0 Å². The lowest BCUT2D eigenvalue weighted by atomic mass is 10.0. The van der Waals surface area contributed by atoms with Crippen molar-refractivity contribution in [3.05, 3.63) is 41.6 Å². The van der Waals surface area contributed by atoms with Crippen LogP contribution in [0.5, 0.6) is 5.75 Å². The molecule has 0 spiro atoms. The number of carbonyl (C=O) groups excluding carboxylic acids is 2. The number of amides is 2. The summed E-state index contributed by atoms with van der Waals surface area (Å²) in [5, 5.41) is 2.78. The lowest BCUT2D eigenvalue weighted by Gasteiger charge is -2.49. The van der Waals surface area contributed by atoms with E-state index in [-0.39, 0.29) is 23.8 Å². The van der Waals surface area contributed by atoms with Crippen LogP contribution in [0.3, 0.4) is 0 Å². The predicted octanol–water partition coefficient (Wildman–Crippen LogP) is 1.76. The summed E-state index contributed by atoms with van der Waals surface area (Å²) in [4.78, 5) is 25.9. The highest BCUT2D eigenvalue weighted by atomic mass is 32.2. The van der Waals surface area contributed by atoms with Gasteiger partial charge in [-0.3, -0.25) is 14.5 Å². The Hall–Kier alpha value is -1.95. The lowest BCUT2D eigenvalue weighted by molar-refractivity contribution is -0.146. The average Bonchev–Trinajstić information content (AvgIpc) is 2.54. The monoisotopic (exact) mass is 318 g/mol. The van der Waals surface area contributed by atoms with Gasteiger partial charge in [-0.15, -0.1) is 11.8 Å². The molecular formula is C16H18N2O3S. The van der Waals surface area contributed by atoms with E-state index in [4.69, 9.17) is 4.74 Å². The van der Waals surface area contributed by atoms with Gasteiger partial charge in [-0.1, -0.05) is 18.2 Å². The van der Waals surface area contributed by atoms with Gasteiger partial charge in [-0.25, -0.2) is 0 Å². The number of β-lactam (4-membered cyclic amide) rings is 1. The first-order valence-electron chi connectivity index (χ1n) is 7.16. The van der Waals surface area contributed by atoms with E-state index in [9.17, 15) is 9.59 Å². The molecule has 22 heavy (non-hydrogen) atoms. The zero-order chi connectivity index (χ0) is 15.7. The maximum Gasteiger partial charge on any atom is 0.258 e. The Kier molecular flexibility index (Phi) is 4.11. The van der Waals surface area contributed by atoms with E-state index in [0.29, 0.717) is 5.75 Å². The number of hydrogen-bond donors (Lipinski definition) is 1. The molecule has 2 atom stereocenters. The van der Waals surface area contributed by atoms with Crippen molar-refractivity contribution in [2.45, 2.75) is 25.3 Å². The second kappa shape index (κ2) is 6.04. The fraction of sp³-hybridized carbons (Fsp3) is 0.375. The maximum absolute atomic E-state index is 12.2. The van der Waals surface area contributed by atoms with Gasteiger partial charge in [0.1, 0.15) is 17.2 Å². The highest BCUT2D eigenvalue weighted by Gasteiger charge is 2.51. The Morgan fingerprint density at radius 1 is 1.36 bits per heavy atom.